The van der Waals surface area contributed by atoms with E-state index in [1.807, 2.05) is 11.5 Å². The topological polar surface area (TPSA) is 82.2 Å². The highest BCUT2D eigenvalue weighted by molar-refractivity contribution is 5.94. The van der Waals surface area contributed by atoms with Crippen molar-refractivity contribution in [2.24, 2.45) is 7.05 Å². The van der Waals surface area contributed by atoms with Crippen molar-refractivity contribution in [1.82, 2.24) is 19.1 Å². The van der Waals surface area contributed by atoms with E-state index >= 15 is 0 Å². The van der Waals surface area contributed by atoms with E-state index in [1.165, 1.54) is 22.8 Å². The van der Waals surface area contributed by atoms with E-state index in [4.69, 9.17) is 4.74 Å². The average molecular weight is 458 g/mol. The Labute approximate surface area is 186 Å². The van der Waals surface area contributed by atoms with Crippen molar-refractivity contribution in [3.63, 3.8) is 0 Å². The first-order chi connectivity index (χ1) is 15.6. The SMILES string of the molecule is Cc1nc(Oc2ccc(C(F)(F)F)cc2)cc(-c2c(C)n(CCO)c3ccc(=O)n(C)c23)n1. The van der Waals surface area contributed by atoms with Gasteiger partial charge in [-0.3, -0.25) is 4.79 Å². The molecule has 0 aliphatic heterocycles. The molecule has 1 N–H and O–H groups in total. The first kappa shape index (κ1) is 22.5. The smallest absolute Gasteiger partial charge is 0.416 e. The highest BCUT2D eigenvalue weighted by Crippen LogP contribution is 2.35. The van der Waals surface area contributed by atoms with Crippen LogP contribution in [0.2, 0.25) is 0 Å². The summed E-state index contributed by atoms with van der Waals surface area (Å²) in [6.45, 7) is 3.78. The van der Waals surface area contributed by atoms with Gasteiger partial charge in [0.25, 0.3) is 5.56 Å². The number of aromatic nitrogens is 4. The number of aliphatic hydroxyl groups excluding tert-OH is 1. The van der Waals surface area contributed by atoms with Gasteiger partial charge in [-0.1, -0.05) is 0 Å². The lowest BCUT2D eigenvalue weighted by Gasteiger charge is -2.11. The van der Waals surface area contributed by atoms with Crippen LogP contribution in [0, 0.1) is 13.8 Å². The molecule has 3 heterocycles. The minimum absolute atomic E-state index is 0.0853. The van der Waals surface area contributed by atoms with E-state index in [9.17, 15) is 23.1 Å². The fraction of sp³-hybridized carbons (Fsp3) is 0.261. The summed E-state index contributed by atoms with van der Waals surface area (Å²) in [5, 5.41) is 9.52. The summed E-state index contributed by atoms with van der Waals surface area (Å²) in [6, 6.07) is 9.07. The lowest BCUT2D eigenvalue weighted by Crippen LogP contribution is -2.15. The number of benzene rings is 1. The third kappa shape index (κ3) is 4.21. The molecule has 0 aliphatic carbocycles. The molecule has 0 bridgehead atoms. The highest BCUT2D eigenvalue weighted by Gasteiger charge is 2.30. The number of rotatable bonds is 5. The summed E-state index contributed by atoms with van der Waals surface area (Å²) in [6.07, 6.45) is -4.44. The highest BCUT2D eigenvalue weighted by atomic mass is 19.4. The molecule has 172 valence electrons. The van der Waals surface area contributed by atoms with Crippen molar-refractivity contribution in [2.75, 3.05) is 6.61 Å². The van der Waals surface area contributed by atoms with Crippen LogP contribution in [0.15, 0.2) is 47.3 Å². The number of hydrogen-bond donors (Lipinski definition) is 1. The van der Waals surface area contributed by atoms with Crippen LogP contribution in [0.25, 0.3) is 22.3 Å². The molecule has 10 heteroatoms. The van der Waals surface area contributed by atoms with Crippen LogP contribution in [0.5, 0.6) is 11.6 Å². The second kappa shape index (κ2) is 8.36. The van der Waals surface area contributed by atoms with E-state index in [0.717, 1.165) is 23.3 Å². The predicted octanol–water partition coefficient (Wildman–Crippen LogP) is 4.22. The van der Waals surface area contributed by atoms with Gasteiger partial charge in [-0.05, 0) is 44.2 Å². The number of pyridine rings is 1. The van der Waals surface area contributed by atoms with E-state index in [1.54, 1.807) is 26.1 Å². The molecule has 0 amide bonds. The number of aliphatic hydroxyl groups is 1. The molecule has 0 spiro atoms. The Kier molecular flexibility index (Phi) is 5.71. The van der Waals surface area contributed by atoms with Crippen LogP contribution < -0.4 is 10.3 Å². The van der Waals surface area contributed by atoms with Gasteiger partial charge in [0, 0.05) is 37.0 Å². The predicted molar refractivity (Wildman–Crippen MR) is 116 cm³/mol. The monoisotopic (exact) mass is 458 g/mol. The molecule has 33 heavy (non-hydrogen) atoms. The molecule has 7 nitrogen and oxygen atoms in total. The lowest BCUT2D eigenvalue weighted by molar-refractivity contribution is -0.137. The summed E-state index contributed by atoms with van der Waals surface area (Å²) in [5.41, 5.74) is 2.40. The maximum absolute atomic E-state index is 12.8. The Bertz CT molecular complexity index is 1390. The number of alkyl halides is 3. The van der Waals surface area contributed by atoms with E-state index in [2.05, 4.69) is 9.97 Å². The van der Waals surface area contributed by atoms with Crippen LogP contribution in [0.4, 0.5) is 13.2 Å². The van der Waals surface area contributed by atoms with E-state index in [-0.39, 0.29) is 23.8 Å². The van der Waals surface area contributed by atoms with Gasteiger partial charge in [0.1, 0.15) is 11.6 Å². The first-order valence-corrected chi connectivity index (χ1v) is 10.1. The van der Waals surface area contributed by atoms with Crippen LogP contribution >= 0.6 is 0 Å². The number of hydrogen-bond acceptors (Lipinski definition) is 5. The zero-order valence-corrected chi connectivity index (χ0v) is 18.1. The van der Waals surface area contributed by atoms with Gasteiger partial charge in [0.15, 0.2) is 0 Å². The molecule has 0 atom stereocenters. The molecule has 0 saturated heterocycles. The summed E-state index contributed by atoms with van der Waals surface area (Å²) < 4.78 is 47.6. The van der Waals surface area contributed by atoms with E-state index in [0.29, 0.717) is 29.1 Å². The minimum Gasteiger partial charge on any atom is -0.439 e. The molecule has 0 radical (unpaired) electrons. The van der Waals surface area contributed by atoms with Crippen molar-refractivity contribution in [3.05, 3.63) is 69.9 Å². The van der Waals surface area contributed by atoms with Crippen LogP contribution in [-0.4, -0.2) is 30.8 Å². The standard InChI is InChI=1S/C23H21F3N4O3/c1-13-21(22-18(30(13)10-11-31)8-9-20(32)29(22)3)17-12-19(28-14(2)27-17)33-16-6-4-15(5-7-16)23(24,25)26/h4-9,12,31H,10-11H2,1-3H3. The summed E-state index contributed by atoms with van der Waals surface area (Å²) >= 11 is 0. The molecule has 0 fully saturated rings. The van der Waals surface area contributed by atoms with Crippen molar-refractivity contribution >= 4 is 11.0 Å². The second-order valence-corrected chi connectivity index (χ2v) is 7.56. The van der Waals surface area contributed by atoms with Gasteiger partial charge >= 0.3 is 6.18 Å². The zero-order chi connectivity index (χ0) is 23.9. The Morgan fingerprint density at radius 1 is 1.06 bits per heavy atom. The van der Waals surface area contributed by atoms with Gasteiger partial charge in [-0.2, -0.15) is 18.2 Å². The minimum atomic E-state index is -4.44. The van der Waals surface area contributed by atoms with Gasteiger partial charge in [0.2, 0.25) is 5.88 Å². The Hall–Kier alpha value is -3.66. The fourth-order valence-corrected chi connectivity index (χ4v) is 3.87. The summed E-state index contributed by atoms with van der Waals surface area (Å²) in [7, 11) is 1.66. The normalized spacial score (nSPS) is 11.8. The maximum atomic E-state index is 12.8. The molecule has 0 unspecified atom stereocenters. The Morgan fingerprint density at radius 3 is 2.39 bits per heavy atom. The number of nitrogens with zero attached hydrogens (tertiary/aromatic N) is 4. The molecule has 1 aromatic carbocycles. The number of halogens is 3. The Balaban J connectivity index is 1.82. The number of fused-ring (bicyclic) bond motifs is 1. The van der Waals surface area contributed by atoms with Gasteiger partial charge in [-0.15, -0.1) is 0 Å². The number of ether oxygens (including phenoxy) is 1. The largest absolute Gasteiger partial charge is 0.439 e. The van der Waals surface area contributed by atoms with Crippen LogP contribution in [0.3, 0.4) is 0 Å². The number of aryl methyl sites for hydroxylation is 2. The zero-order valence-electron chi connectivity index (χ0n) is 18.1. The van der Waals surface area contributed by atoms with Crippen LogP contribution in [-0.2, 0) is 19.8 Å². The molecule has 4 rings (SSSR count). The van der Waals surface area contributed by atoms with Gasteiger partial charge in [-0.25, -0.2) is 4.98 Å². The van der Waals surface area contributed by atoms with Crippen molar-refractivity contribution in [3.8, 4) is 22.9 Å². The molecule has 0 aliphatic rings. The summed E-state index contributed by atoms with van der Waals surface area (Å²) in [4.78, 5) is 21.1. The quantitative estimate of drug-likeness (QED) is 0.484. The third-order valence-electron chi connectivity index (χ3n) is 5.38. The van der Waals surface area contributed by atoms with Crippen molar-refractivity contribution in [2.45, 2.75) is 26.6 Å². The molecule has 0 saturated carbocycles. The van der Waals surface area contributed by atoms with Gasteiger partial charge in [0.05, 0.1) is 28.9 Å². The Morgan fingerprint density at radius 2 is 1.76 bits per heavy atom. The van der Waals surface area contributed by atoms with E-state index < -0.39 is 11.7 Å². The van der Waals surface area contributed by atoms with Gasteiger partial charge < -0.3 is 19.0 Å². The lowest BCUT2D eigenvalue weighted by atomic mass is 10.1. The maximum Gasteiger partial charge on any atom is 0.416 e. The second-order valence-electron chi connectivity index (χ2n) is 7.56. The van der Waals surface area contributed by atoms with Crippen molar-refractivity contribution < 1.29 is 23.0 Å². The molecule has 4 aromatic rings. The molecule has 3 aromatic heterocycles. The third-order valence-corrected chi connectivity index (χ3v) is 5.38. The molecular weight excluding hydrogens is 437 g/mol. The molecular formula is C23H21F3N4O3. The summed E-state index contributed by atoms with van der Waals surface area (Å²) in [5.74, 6) is 0.734. The first-order valence-electron chi connectivity index (χ1n) is 10.1. The van der Waals surface area contributed by atoms with Crippen molar-refractivity contribution in [1.29, 1.82) is 0 Å². The van der Waals surface area contributed by atoms with Crippen LogP contribution in [0.1, 0.15) is 17.1 Å². The average Bonchev–Trinajstić information content (AvgIpc) is 3.03. The fourth-order valence-electron chi connectivity index (χ4n) is 3.87.